The van der Waals surface area contributed by atoms with Gasteiger partial charge in [0.2, 0.25) is 0 Å². The van der Waals surface area contributed by atoms with Gasteiger partial charge in [0.05, 0.1) is 0 Å². The van der Waals surface area contributed by atoms with Crippen molar-refractivity contribution < 1.29 is 0 Å². The number of nitrogens with one attached hydrogen (secondary N) is 1. The average Bonchev–Trinajstić information content (AvgIpc) is 2.30. The molecule has 0 aromatic heterocycles. The molecule has 1 aliphatic heterocycles. The van der Waals surface area contributed by atoms with Gasteiger partial charge in [-0.05, 0) is 27.6 Å². The molecule has 1 aliphatic rings. The molecule has 0 aromatic rings. The minimum Gasteiger partial charge on any atom is -0.314 e. The Morgan fingerprint density at radius 1 is 1.24 bits per heavy atom. The van der Waals surface area contributed by atoms with Gasteiger partial charge in [0, 0.05) is 51.9 Å². The van der Waals surface area contributed by atoms with Crippen molar-refractivity contribution in [2.45, 2.75) is 19.4 Å². The summed E-state index contributed by atoms with van der Waals surface area (Å²) in [5, 5.41) is 3.51. The molecule has 0 spiro atoms. The van der Waals surface area contributed by atoms with E-state index >= 15 is 0 Å². The summed E-state index contributed by atoms with van der Waals surface area (Å²) in [6, 6.07) is 0.755. The maximum Gasteiger partial charge on any atom is 0.0218 e. The van der Waals surface area contributed by atoms with Crippen LogP contribution in [-0.2, 0) is 0 Å². The molecular formula is C13H30N4. The van der Waals surface area contributed by atoms with Gasteiger partial charge in [-0.1, -0.05) is 6.92 Å². The fourth-order valence-electron chi connectivity index (χ4n) is 2.32. The Bertz CT molecular complexity index is 196. The second kappa shape index (κ2) is 8.03. The Labute approximate surface area is 107 Å². The van der Waals surface area contributed by atoms with Crippen molar-refractivity contribution in [2.24, 2.45) is 0 Å². The topological polar surface area (TPSA) is 21.8 Å². The molecule has 1 fully saturated rings. The third kappa shape index (κ3) is 5.82. The summed E-state index contributed by atoms with van der Waals surface area (Å²) in [6.45, 7) is 10.5. The summed E-state index contributed by atoms with van der Waals surface area (Å²) in [5.41, 5.74) is 0. The summed E-state index contributed by atoms with van der Waals surface area (Å²) in [7, 11) is 6.49. The molecule has 17 heavy (non-hydrogen) atoms. The number of piperazine rings is 1. The lowest BCUT2D eigenvalue weighted by Gasteiger charge is -2.39. The van der Waals surface area contributed by atoms with Crippen molar-refractivity contribution in [3.8, 4) is 0 Å². The van der Waals surface area contributed by atoms with E-state index in [2.05, 4.69) is 48.1 Å². The zero-order valence-electron chi connectivity index (χ0n) is 12.1. The second-order valence-corrected chi connectivity index (χ2v) is 5.40. The fraction of sp³-hybridized carbons (Fsp3) is 1.00. The molecule has 0 radical (unpaired) electrons. The highest BCUT2D eigenvalue weighted by molar-refractivity contribution is 4.79. The van der Waals surface area contributed by atoms with Crippen LogP contribution in [-0.4, -0.2) is 87.7 Å². The smallest absolute Gasteiger partial charge is 0.0218 e. The number of nitrogens with zero attached hydrogens (tertiary/aromatic N) is 3. The summed E-state index contributed by atoms with van der Waals surface area (Å²) in [5.74, 6) is 0. The zero-order valence-corrected chi connectivity index (χ0v) is 12.1. The van der Waals surface area contributed by atoms with E-state index in [-0.39, 0.29) is 0 Å². The quantitative estimate of drug-likeness (QED) is 0.642. The van der Waals surface area contributed by atoms with E-state index in [1.54, 1.807) is 0 Å². The van der Waals surface area contributed by atoms with Crippen LogP contribution in [0.5, 0.6) is 0 Å². The Hall–Kier alpha value is -0.160. The Morgan fingerprint density at radius 3 is 2.65 bits per heavy atom. The SMILES string of the molecule is CCC1CN(CCNCCN(C)C)CCN1C. The van der Waals surface area contributed by atoms with Crippen molar-refractivity contribution >= 4 is 0 Å². The fourth-order valence-corrected chi connectivity index (χ4v) is 2.32. The second-order valence-electron chi connectivity index (χ2n) is 5.40. The van der Waals surface area contributed by atoms with Crippen molar-refractivity contribution in [1.29, 1.82) is 0 Å². The van der Waals surface area contributed by atoms with Crippen LogP contribution in [0.2, 0.25) is 0 Å². The molecule has 4 heteroatoms. The zero-order chi connectivity index (χ0) is 12.7. The highest BCUT2D eigenvalue weighted by Crippen LogP contribution is 2.09. The van der Waals surface area contributed by atoms with E-state index in [0.717, 1.165) is 25.7 Å². The van der Waals surface area contributed by atoms with Crippen LogP contribution < -0.4 is 5.32 Å². The lowest BCUT2D eigenvalue weighted by atomic mass is 10.1. The van der Waals surface area contributed by atoms with Crippen molar-refractivity contribution in [2.75, 3.05) is 67.0 Å². The van der Waals surface area contributed by atoms with Crippen molar-refractivity contribution in [3.63, 3.8) is 0 Å². The molecule has 1 N–H and O–H groups in total. The number of likely N-dealkylation sites (N-methyl/N-ethyl adjacent to an activating group) is 2. The van der Waals surface area contributed by atoms with Gasteiger partial charge in [0.15, 0.2) is 0 Å². The first-order chi connectivity index (χ1) is 8.13. The van der Waals surface area contributed by atoms with Gasteiger partial charge in [-0.2, -0.15) is 0 Å². The first-order valence-electron chi connectivity index (χ1n) is 6.91. The minimum atomic E-state index is 0.755. The number of hydrogen-bond acceptors (Lipinski definition) is 4. The molecule has 1 rings (SSSR count). The first kappa shape index (κ1) is 14.9. The van der Waals surface area contributed by atoms with Gasteiger partial charge in [-0.15, -0.1) is 0 Å². The number of hydrogen-bond donors (Lipinski definition) is 1. The van der Waals surface area contributed by atoms with E-state index in [4.69, 9.17) is 0 Å². The highest BCUT2D eigenvalue weighted by atomic mass is 15.3. The van der Waals surface area contributed by atoms with Crippen LogP contribution in [0.15, 0.2) is 0 Å². The van der Waals surface area contributed by atoms with Crippen LogP contribution >= 0.6 is 0 Å². The predicted molar refractivity (Wildman–Crippen MR) is 74.6 cm³/mol. The molecule has 1 atom stereocenters. The normalized spacial score (nSPS) is 23.5. The molecule has 1 unspecified atom stereocenters. The van der Waals surface area contributed by atoms with Gasteiger partial charge in [-0.25, -0.2) is 0 Å². The highest BCUT2D eigenvalue weighted by Gasteiger charge is 2.21. The molecule has 0 bridgehead atoms. The molecule has 0 saturated carbocycles. The van der Waals surface area contributed by atoms with Crippen LogP contribution in [0.25, 0.3) is 0 Å². The first-order valence-corrected chi connectivity index (χ1v) is 6.91. The maximum atomic E-state index is 3.51. The lowest BCUT2D eigenvalue weighted by molar-refractivity contribution is 0.0939. The van der Waals surface area contributed by atoms with Crippen molar-refractivity contribution in [1.82, 2.24) is 20.0 Å². The Kier molecular flexibility index (Phi) is 7.04. The molecule has 0 aliphatic carbocycles. The Morgan fingerprint density at radius 2 is 2.00 bits per heavy atom. The van der Waals surface area contributed by atoms with Crippen LogP contribution in [0, 0.1) is 0 Å². The summed E-state index contributed by atoms with van der Waals surface area (Å²) in [6.07, 6.45) is 1.26. The summed E-state index contributed by atoms with van der Waals surface area (Å²) < 4.78 is 0. The maximum absolute atomic E-state index is 3.51. The molecule has 1 heterocycles. The summed E-state index contributed by atoms with van der Waals surface area (Å²) >= 11 is 0. The largest absolute Gasteiger partial charge is 0.314 e. The lowest BCUT2D eigenvalue weighted by Crippen LogP contribution is -2.52. The molecular weight excluding hydrogens is 212 g/mol. The van der Waals surface area contributed by atoms with Gasteiger partial charge < -0.3 is 15.1 Å². The minimum absolute atomic E-state index is 0.755. The average molecular weight is 242 g/mol. The van der Waals surface area contributed by atoms with Gasteiger partial charge in [-0.3, -0.25) is 4.90 Å². The van der Waals surface area contributed by atoms with E-state index in [0.29, 0.717) is 0 Å². The molecule has 0 aromatic carbocycles. The number of rotatable bonds is 7. The van der Waals surface area contributed by atoms with E-state index < -0.39 is 0 Å². The van der Waals surface area contributed by atoms with Gasteiger partial charge in [0.25, 0.3) is 0 Å². The third-order valence-electron chi connectivity index (χ3n) is 3.67. The predicted octanol–water partition coefficient (Wildman–Crippen LogP) is 0.164. The third-order valence-corrected chi connectivity index (χ3v) is 3.67. The van der Waals surface area contributed by atoms with Gasteiger partial charge in [0.1, 0.15) is 0 Å². The van der Waals surface area contributed by atoms with E-state index in [1.165, 1.54) is 32.6 Å². The monoisotopic (exact) mass is 242 g/mol. The van der Waals surface area contributed by atoms with Gasteiger partial charge >= 0.3 is 0 Å². The Balaban J connectivity index is 2.07. The van der Waals surface area contributed by atoms with Crippen LogP contribution in [0.4, 0.5) is 0 Å². The molecule has 0 amide bonds. The molecule has 1 saturated heterocycles. The van der Waals surface area contributed by atoms with Crippen molar-refractivity contribution in [3.05, 3.63) is 0 Å². The van der Waals surface area contributed by atoms with Crippen LogP contribution in [0.1, 0.15) is 13.3 Å². The molecule has 102 valence electrons. The van der Waals surface area contributed by atoms with Crippen LogP contribution in [0.3, 0.4) is 0 Å². The standard InChI is InChI=1S/C13H30N4/c1-5-13-12-17(11-10-16(13)4)9-7-14-6-8-15(2)3/h13-14H,5-12H2,1-4H3. The summed E-state index contributed by atoms with van der Waals surface area (Å²) in [4.78, 5) is 7.31. The molecule has 4 nitrogen and oxygen atoms in total. The van der Waals surface area contributed by atoms with E-state index in [9.17, 15) is 0 Å². The van der Waals surface area contributed by atoms with E-state index in [1.807, 2.05) is 0 Å².